The third-order valence-corrected chi connectivity index (χ3v) is 4.89. The molecule has 0 heterocycles. The second-order valence-corrected chi connectivity index (χ2v) is 7.39. The summed E-state index contributed by atoms with van der Waals surface area (Å²) >= 11 is 0. The molecule has 0 aliphatic heterocycles. The Hall–Kier alpha value is -0.0400. The number of rotatable bonds is 6. The van der Waals surface area contributed by atoms with Gasteiger partial charge in [-0.2, -0.15) is 0 Å². The number of hydrogen-bond donors (Lipinski definition) is 1. The van der Waals surface area contributed by atoms with Gasteiger partial charge in [-0.3, -0.25) is 0 Å². The molecule has 1 aliphatic rings. The van der Waals surface area contributed by atoms with Crippen LogP contribution in [-0.2, 0) is 0 Å². The molecule has 1 nitrogen and oxygen atoms in total. The molecule has 1 N–H and O–H groups in total. The second-order valence-electron chi connectivity index (χ2n) is 7.39. The highest BCUT2D eigenvalue weighted by molar-refractivity contribution is 4.83. The van der Waals surface area contributed by atoms with Crippen LogP contribution in [0.25, 0.3) is 0 Å². The molecule has 0 radical (unpaired) electrons. The predicted molar refractivity (Wildman–Crippen MR) is 79.7 cm³/mol. The van der Waals surface area contributed by atoms with E-state index in [2.05, 4.69) is 27.7 Å². The van der Waals surface area contributed by atoms with Gasteiger partial charge in [0.25, 0.3) is 0 Å². The molecule has 1 saturated carbocycles. The number of aliphatic hydroxyl groups is 1. The summed E-state index contributed by atoms with van der Waals surface area (Å²) in [5, 5.41) is 10.3. The lowest BCUT2D eigenvalue weighted by Gasteiger charge is -2.38. The van der Waals surface area contributed by atoms with Crippen LogP contribution in [0.2, 0.25) is 0 Å². The summed E-state index contributed by atoms with van der Waals surface area (Å²) in [6, 6.07) is 0. The van der Waals surface area contributed by atoms with Crippen molar-refractivity contribution >= 4 is 0 Å². The Bertz CT molecular complexity index is 208. The topological polar surface area (TPSA) is 20.2 Å². The van der Waals surface area contributed by atoms with Gasteiger partial charge in [-0.15, -0.1) is 0 Å². The van der Waals surface area contributed by atoms with Crippen LogP contribution in [0.15, 0.2) is 0 Å². The molecule has 0 bridgehead atoms. The summed E-state index contributed by atoms with van der Waals surface area (Å²) in [7, 11) is 0. The van der Waals surface area contributed by atoms with E-state index in [0.717, 1.165) is 12.3 Å². The zero-order chi connectivity index (χ0) is 13.6. The molecule has 1 atom stereocenters. The first-order chi connectivity index (χ1) is 8.45. The molecule has 0 aromatic rings. The van der Waals surface area contributed by atoms with E-state index in [-0.39, 0.29) is 6.10 Å². The van der Waals surface area contributed by atoms with Crippen molar-refractivity contribution in [2.24, 2.45) is 17.3 Å². The number of aliphatic hydroxyl groups excluding tert-OH is 1. The van der Waals surface area contributed by atoms with Crippen molar-refractivity contribution in [2.75, 3.05) is 0 Å². The van der Waals surface area contributed by atoms with Crippen molar-refractivity contribution in [2.45, 2.75) is 91.6 Å². The van der Waals surface area contributed by atoms with Gasteiger partial charge in [-0.1, -0.05) is 53.4 Å². The maximum Gasteiger partial charge on any atom is 0.0568 e. The smallest absolute Gasteiger partial charge is 0.0568 e. The SMILES string of the molecule is CCCCCCC(O)C1CCC(C(C)(C)C)CC1. The van der Waals surface area contributed by atoms with E-state index in [1.165, 1.54) is 51.4 Å². The summed E-state index contributed by atoms with van der Waals surface area (Å²) in [4.78, 5) is 0. The minimum atomic E-state index is -0.0252. The van der Waals surface area contributed by atoms with Gasteiger partial charge in [0.2, 0.25) is 0 Å². The van der Waals surface area contributed by atoms with Crippen LogP contribution in [0.5, 0.6) is 0 Å². The van der Waals surface area contributed by atoms with Crippen LogP contribution in [0, 0.1) is 17.3 Å². The molecule has 0 aromatic carbocycles. The van der Waals surface area contributed by atoms with Crippen LogP contribution >= 0.6 is 0 Å². The first-order valence-corrected chi connectivity index (χ1v) is 8.13. The molecule has 0 amide bonds. The third-order valence-electron chi connectivity index (χ3n) is 4.89. The van der Waals surface area contributed by atoms with Crippen molar-refractivity contribution in [3.8, 4) is 0 Å². The van der Waals surface area contributed by atoms with Crippen LogP contribution in [0.1, 0.15) is 85.5 Å². The van der Waals surface area contributed by atoms with E-state index in [0.29, 0.717) is 11.3 Å². The molecule has 0 aromatic heterocycles. The van der Waals surface area contributed by atoms with Crippen molar-refractivity contribution in [1.29, 1.82) is 0 Å². The van der Waals surface area contributed by atoms with Gasteiger partial charge in [0.15, 0.2) is 0 Å². The lowest BCUT2D eigenvalue weighted by atomic mass is 9.68. The Balaban J connectivity index is 2.21. The van der Waals surface area contributed by atoms with E-state index >= 15 is 0 Å². The Morgan fingerprint density at radius 2 is 1.61 bits per heavy atom. The molecule has 1 heteroatoms. The number of unbranched alkanes of at least 4 members (excludes halogenated alkanes) is 3. The van der Waals surface area contributed by atoms with E-state index < -0.39 is 0 Å². The average Bonchev–Trinajstić information content (AvgIpc) is 2.33. The third kappa shape index (κ3) is 5.30. The normalized spacial score (nSPS) is 27.2. The Labute approximate surface area is 114 Å². The van der Waals surface area contributed by atoms with Gasteiger partial charge in [0, 0.05) is 0 Å². The van der Waals surface area contributed by atoms with Gasteiger partial charge in [0.1, 0.15) is 0 Å². The van der Waals surface area contributed by atoms with E-state index in [1.54, 1.807) is 0 Å². The largest absolute Gasteiger partial charge is 0.393 e. The van der Waals surface area contributed by atoms with Crippen LogP contribution in [0.4, 0.5) is 0 Å². The number of hydrogen-bond acceptors (Lipinski definition) is 1. The summed E-state index contributed by atoms with van der Waals surface area (Å²) in [5.74, 6) is 1.45. The fourth-order valence-electron chi connectivity index (χ4n) is 3.39. The summed E-state index contributed by atoms with van der Waals surface area (Å²) < 4.78 is 0. The first kappa shape index (κ1) is 16.0. The van der Waals surface area contributed by atoms with E-state index in [9.17, 15) is 5.11 Å². The van der Waals surface area contributed by atoms with Gasteiger partial charge < -0.3 is 5.11 Å². The molecule has 1 fully saturated rings. The van der Waals surface area contributed by atoms with Gasteiger partial charge in [-0.25, -0.2) is 0 Å². The van der Waals surface area contributed by atoms with Crippen molar-refractivity contribution in [1.82, 2.24) is 0 Å². The summed E-state index contributed by atoms with van der Waals surface area (Å²) in [6.45, 7) is 9.32. The molecule has 0 spiro atoms. The minimum absolute atomic E-state index is 0.0252. The Kier molecular flexibility index (Phi) is 6.70. The van der Waals surface area contributed by atoms with E-state index in [1.807, 2.05) is 0 Å². The molecule has 0 saturated heterocycles. The molecular formula is C17H34O. The van der Waals surface area contributed by atoms with Crippen molar-refractivity contribution in [3.63, 3.8) is 0 Å². The maximum atomic E-state index is 10.3. The van der Waals surface area contributed by atoms with Crippen molar-refractivity contribution in [3.05, 3.63) is 0 Å². The average molecular weight is 254 g/mol. The molecule has 1 rings (SSSR count). The Morgan fingerprint density at radius 3 is 2.11 bits per heavy atom. The van der Waals surface area contributed by atoms with Crippen LogP contribution < -0.4 is 0 Å². The lowest BCUT2D eigenvalue weighted by molar-refractivity contribution is 0.0465. The molecule has 1 unspecified atom stereocenters. The van der Waals surface area contributed by atoms with Gasteiger partial charge >= 0.3 is 0 Å². The highest BCUT2D eigenvalue weighted by Gasteiger charge is 2.31. The molecule has 108 valence electrons. The summed E-state index contributed by atoms with van der Waals surface area (Å²) in [5.41, 5.74) is 0.455. The first-order valence-electron chi connectivity index (χ1n) is 8.13. The quantitative estimate of drug-likeness (QED) is 0.648. The van der Waals surface area contributed by atoms with Crippen LogP contribution in [-0.4, -0.2) is 11.2 Å². The molecule has 1 aliphatic carbocycles. The van der Waals surface area contributed by atoms with Crippen LogP contribution in [0.3, 0.4) is 0 Å². The van der Waals surface area contributed by atoms with E-state index in [4.69, 9.17) is 0 Å². The standard InChI is InChI=1S/C17H34O/c1-5-6-7-8-9-16(18)14-10-12-15(13-11-14)17(2,3)4/h14-16,18H,5-13H2,1-4H3. The predicted octanol–water partition coefficient (Wildman–Crippen LogP) is 5.17. The summed E-state index contributed by atoms with van der Waals surface area (Å²) in [6.07, 6.45) is 11.3. The van der Waals surface area contributed by atoms with Gasteiger partial charge in [0.05, 0.1) is 6.10 Å². The van der Waals surface area contributed by atoms with Crippen molar-refractivity contribution < 1.29 is 5.11 Å². The van der Waals surface area contributed by atoms with Gasteiger partial charge in [-0.05, 0) is 49.4 Å². The lowest BCUT2D eigenvalue weighted by Crippen LogP contribution is -2.30. The zero-order valence-electron chi connectivity index (χ0n) is 13.0. The molecule has 18 heavy (non-hydrogen) atoms. The highest BCUT2D eigenvalue weighted by atomic mass is 16.3. The zero-order valence-corrected chi connectivity index (χ0v) is 13.0. The fourth-order valence-corrected chi connectivity index (χ4v) is 3.39. The monoisotopic (exact) mass is 254 g/mol. The Morgan fingerprint density at radius 1 is 1.00 bits per heavy atom. The minimum Gasteiger partial charge on any atom is -0.393 e. The second kappa shape index (κ2) is 7.53. The molecular weight excluding hydrogens is 220 g/mol. The highest BCUT2D eigenvalue weighted by Crippen LogP contribution is 2.41. The maximum absolute atomic E-state index is 10.3. The fraction of sp³-hybridized carbons (Fsp3) is 1.00.